The number of hydrogen-bond donors (Lipinski definition) is 0. The van der Waals surface area contributed by atoms with Gasteiger partial charge in [0.2, 0.25) is 0 Å². The van der Waals surface area contributed by atoms with E-state index >= 15 is 0 Å². The summed E-state index contributed by atoms with van der Waals surface area (Å²) in [6.07, 6.45) is 4.40. The molecule has 10 heavy (non-hydrogen) atoms. The Morgan fingerprint density at radius 3 is 3.20 bits per heavy atom. The van der Waals surface area contributed by atoms with E-state index in [9.17, 15) is 0 Å². The van der Waals surface area contributed by atoms with E-state index in [-0.39, 0.29) is 0 Å². The van der Waals surface area contributed by atoms with Gasteiger partial charge in [-0.2, -0.15) is 0 Å². The highest BCUT2D eigenvalue weighted by Gasteiger charge is 1.99. The first-order valence-corrected chi connectivity index (χ1v) is 3.69. The van der Waals surface area contributed by atoms with Crippen molar-refractivity contribution in [3.8, 4) is 10.6 Å². The van der Waals surface area contributed by atoms with Crippen molar-refractivity contribution in [3.63, 3.8) is 0 Å². The standard InChI is InChI=1S/C7H4NOS/c1-2-6(9-3-1)7-4-8-5-10-7/h1-2,4-5H. The fourth-order valence-corrected chi connectivity index (χ4v) is 1.29. The van der Waals surface area contributed by atoms with Gasteiger partial charge in [-0.1, -0.05) is 0 Å². The molecule has 2 aromatic heterocycles. The lowest BCUT2D eigenvalue weighted by Crippen LogP contribution is -1.60. The van der Waals surface area contributed by atoms with Crippen LogP contribution in [0.5, 0.6) is 0 Å². The lowest BCUT2D eigenvalue weighted by molar-refractivity contribution is 0.574. The summed E-state index contributed by atoms with van der Waals surface area (Å²) in [4.78, 5) is 4.97. The maximum absolute atomic E-state index is 5.02. The molecule has 0 bridgehead atoms. The highest BCUT2D eigenvalue weighted by molar-refractivity contribution is 7.13. The summed E-state index contributed by atoms with van der Waals surface area (Å²) >= 11 is 1.56. The molecule has 0 aliphatic rings. The molecule has 0 fully saturated rings. The van der Waals surface area contributed by atoms with Crippen LogP contribution in [0.2, 0.25) is 0 Å². The largest absolute Gasteiger partial charge is 0.452 e. The molecule has 0 spiro atoms. The molecule has 0 aliphatic heterocycles. The fourth-order valence-electron chi connectivity index (χ4n) is 0.711. The maximum atomic E-state index is 5.02. The Labute approximate surface area is 62.1 Å². The van der Waals surface area contributed by atoms with Crippen LogP contribution in [0, 0.1) is 6.26 Å². The molecule has 0 aliphatic carbocycles. The quantitative estimate of drug-likeness (QED) is 0.622. The molecule has 2 rings (SSSR count). The number of hydrogen-bond acceptors (Lipinski definition) is 3. The van der Waals surface area contributed by atoms with Crippen molar-refractivity contribution < 1.29 is 4.42 Å². The fraction of sp³-hybridized carbons (Fsp3) is 0. The van der Waals surface area contributed by atoms with Crippen LogP contribution in [0.4, 0.5) is 0 Å². The van der Waals surface area contributed by atoms with Crippen molar-refractivity contribution in [1.82, 2.24) is 4.98 Å². The van der Waals surface area contributed by atoms with Crippen molar-refractivity contribution in [2.45, 2.75) is 0 Å². The molecule has 0 aromatic carbocycles. The second-order valence-corrected chi connectivity index (χ2v) is 2.67. The topological polar surface area (TPSA) is 26.0 Å². The third-order valence-corrected chi connectivity index (χ3v) is 1.93. The van der Waals surface area contributed by atoms with E-state index in [1.807, 2.05) is 6.07 Å². The first-order chi connectivity index (χ1) is 4.97. The van der Waals surface area contributed by atoms with E-state index in [4.69, 9.17) is 4.42 Å². The van der Waals surface area contributed by atoms with Crippen LogP contribution in [0.15, 0.2) is 28.3 Å². The molecule has 0 unspecified atom stereocenters. The van der Waals surface area contributed by atoms with Gasteiger partial charge in [-0.3, -0.25) is 4.98 Å². The van der Waals surface area contributed by atoms with Crippen LogP contribution >= 0.6 is 11.3 Å². The Kier molecular flexibility index (Phi) is 1.29. The van der Waals surface area contributed by atoms with Crippen molar-refractivity contribution >= 4 is 11.3 Å². The van der Waals surface area contributed by atoms with Gasteiger partial charge in [0.25, 0.3) is 0 Å². The van der Waals surface area contributed by atoms with Crippen LogP contribution in [-0.2, 0) is 0 Å². The Morgan fingerprint density at radius 2 is 2.60 bits per heavy atom. The summed E-state index contributed by atoms with van der Waals surface area (Å²) in [7, 11) is 0. The van der Waals surface area contributed by atoms with E-state index in [2.05, 4.69) is 11.2 Å². The Bertz CT molecular complexity index is 253. The molecule has 3 heteroatoms. The zero-order valence-corrected chi connectivity index (χ0v) is 5.89. The molecule has 2 heterocycles. The van der Waals surface area contributed by atoms with Crippen molar-refractivity contribution in [2.75, 3.05) is 0 Å². The molecule has 0 amide bonds. The van der Waals surface area contributed by atoms with Crippen LogP contribution < -0.4 is 0 Å². The van der Waals surface area contributed by atoms with E-state index in [0.717, 1.165) is 10.6 Å². The van der Waals surface area contributed by atoms with Gasteiger partial charge in [0.05, 0.1) is 10.4 Å². The summed E-state index contributed by atoms with van der Waals surface area (Å²) in [5.41, 5.74) is 1.78. The molecule has 0 N–H and O–H groups in total. The van der Waals surface area contributed by atoms with Gasteiger partial charge in [-0.15, -0.1) is 11.3 Å². The predicted molar refractivity (Wildman–Crippen MR) is 38.7 cm³/mol. The molecule has 2 nitrogen and oxygen atoms in total. The molecular weight excluding hydrogens is 146 g/mol. The van der Waals surface area contributed by atoms with Crippen LogP contribution in [0.25, 0.3) is 10.6 Å². The van der Waals surface area contributed by atoms with Gasteiger partial charge in [0.1, 0.15) is 5.76 Å². The number of nitrogens with zero attached hydrogens (tertiary/aromatic N) is 1. The molecule has 0 saturated carbocycles. The van der Waals surface area contributed by atoms with Crippen LogP contribution in [0.1, 0.15) is 0 Å². The lowest BCUT2D eigenvalue weighted by Gasteiger charge is -1.83. The third-order valence-electron chi connectivity index (χ3n) is 1.15. The molecular formula is C7H4NOS. The minimum Gasteiger partial charge on any atom is -0.452 e. The average molecular weight is 150 g/mol. The third kappa shape index (κ3) is 0.844. The smallest absolute Gasteiger partial charge is 0.170 e. The molecule has 49 valence electrons. The van der Waals surface area contributed by atoms with Gasteiger partial charge in [-0.05, 0) is 12.1 Å². The Hall–Kier alpha value is -1.09. The summed E-state index contributed by atoms with van der Waals surface area (Å²) in [6.45, 7) is 0. The number of thiazole rings is 1. The second-order valence-electron chi connectivity index (χ2n) is 1.78. The van der Waals surface area contributed by atoms with Crippen molar-refractivity contribution in [3.05, 3.63) is 30.1 Å². The average Bonchev–Trinajstić information content (AvgIpc) is 2.59. The van der Waals surface area contributed by atoms with E-state index in [0.29, 0.717) is 0 Å². The van der Waals surface area contributed by atoms with Gasteiger partial charge in [0.15, 0.2) is 6.26 Å². The minimum absolute atomic E-state index is 0.836. The summed E-state index contributed by atoms with van der Waals surface area (Å²) < 4.78 is 5.02. The molecule has 0 saturated heterocycles. The van der Waals surface area contributed by atoms with Gasteiger partial charge < -0.3 is 4.42 Å². The first-order valence-electron chi connectivity index (χ1n) is 2.81. The van der Waals surface area contributed by atoms with Crippen LogP contribution in [0.3, 0.4) is 0 Å². The van der Waals surface area contributed by atoms with E-state index in [1.54, 1.807) is 29.1 Å². The van der Waals surface area contributed by atoms with E-state index < -0.39 is 0 Å². The normalized spacial score (nSPS) is 10.0. The number of furan rings is 1. The van der Waals surface area contributed by atoms with Crippen molar-refractivity contribution in [1.29, 1.82) is 0 Å². The zero-order valence-electron chi connectivity index (χ0n) is 5.07. The Balaban J connectivity index is 2.48. The van der Waals surface area contributed by atoms with Gasteiger partial charge in [-0.25, -0.2) is 0 Å². The highest BCUT2D eigenvalue weighted by Crippen LogP contribution is 2.22. The zero-order chi connectivity index (χ0) is 6.81. The monoisotopic (exact) mass is 150 g/mol. The lowest BCUT2D eigenvalue weighted by atomic mass is 10.4. The molecule has 1 radical (unpaired) electrons. The van der Waals surface area contributed by atoms with Crippen LogP contribution in [-0.4, -0.2) is 4.98 Å². The predicted octanol–water partition coefficient (Wildman–Crippen LogP) is 2.20. The van der Waals surface area contributed by atoms with Gasteiger partial charge in [0, 0.05) is 6.20 Å². The Morgan fingerprint density at radius 1 is 1.60 bits per heavy atom. The SMILES string of the molecule is [c]1ccc(-c2cncs2)o1. The van der Waals surface area contributed by atoms with Gasteiger partial charge >= 0.3 is 0 Å². The number of aromatic nitrogens is 1. The summed E-state index contributed by atoms with van der Waals surface area (Å²) in [5.74, 6) is 0.836. The second kappa shape index (κ2) is 2.27. The maximum Gasteiger partial charge on any atom is 0.170 e. The molecule has 0 atom stereocenters. The highest BCUT2D eigenvalue weighted by atomic mass is 32.1. The summed E-state index contributed by atoms with van der Waals surface area (Å²) in [5, 5.41) is 0. The first kappa shape index (κ1) is 5.68. The number of rotatable bonds is 1. The minimum atomic E-state index is 0.836. The molecule has 2 aromatic rings. The van der Waals surface area contributed by atoms with E-state index in [1.165, 1.54) is 0 Å². The van der Waals surface area contributed by atoms with Crippen molar-refractivity contribution in [2.24, 2.45) is 0 Å². The summed E-state index contributed by atoms with van der Waals surface area (Å²) in [6, 6.07) is 3.61.